The highest BCUT2D eigenvalue weighted by molar-refractivity contribution is 5.93. The zero-order chi connectivity index (χ0) is 22.4. The molecule has 3 rings (SSSR count). The monoisotopic (exact) mass is 426 g/mol. The molecule has 0 aromatic heterocycles. The van der Waals surface area contributed by atoms with E-state index in [1.807, 2.05) is 42.2 Å². The van der Waals surface area contributed by atoms with Crippen LogP contribution in [0.3, 0.4) is 0 Å². The van der Waals surface area contributed by atoms with Crippen LogP contribution in [-0.4, -0.2) is 41.2 Å². The second-order valence-electron chi connectivity index (χ2n) is 9.97. The van der Waals surface area contributed by atoms with E-state index in [1.165, 1.54) is 0 Å². The Morgan fingerprint density at radius 3 is 2.52 bits per heavy atom. The van der Waals surface area contributed by atoms with Crippen LogP contribution in [0.4, 0.5) is 10.5 Å². The number of amidine groups is 1. The molecule has 0 aliphatic carbocycles. The lowest BCUT2D eigenvalue weighted by molar-refractivity contribution is -0.125. The zero-order valence-electron chi connectivity index (χ0n) is 19.3. The molecule has 2 aliphatic rings. The van der Waals surface area contributed by atoms with Crippen molar-refractivity contribution in [2.75, 3.05) is 18.4 Å². The average Bonchev–Trinajstić information content (AvgIpc) is 2.72. The first-order valence-electron chi connectivity index (χ1n) is 11.7. The minimum atomic E-state index is -0.685. The van der Waals surface area contributed by atoms with Crippen LogP contribution in [0.15, 0.2) is 35.3 Å². The molecule has 6 heteroatoms. The third kappa shape index (κ3) is 6.55. The van der Waals surface area contributed by atoms with Crippen molar-refractivity contribution in [3.8, 4) is 0 Å². The normalized spacial score (nSPS) is 25.7. The third-order valence-corrected chi connectivity index (χ3v) is 6.67. The van der Waals surface area contributed by atoms with Gasteiger partial charge in [-0.1, -0.05) is 32.0 Å². The number of benzene rings is 1. The number of para-hydroxylation sites is 1. The van der Waals surface area contributed by atoms with Crippen molar-refractivity contribution in [2.24, 2.45) is 28.5 Å². The van der Waals surface area contributed by atoms with Crippen molar-refractivity contribution in [3.63, 3.8) is 0 Å². The number of anilines is 1. The summed E-state index contributed by atoms with van der Waals surface area (Å²) in [4.78, 5) is 32.2. The highest BCUT2D eigenvalue weighted by atomic mass is 16.2. The highest BCUT2D eigenvalue weighted by Gasteiger charge is 2.37. The Morgan fingerprint density at radius 2 is 1.87 bits per heavy atom. The van der Waals surface area contributed by atoms with Crippen LogP contribution in [0.2, 0.25) is 0 Å². The Morgan fingerprint density at radius 1 is 1.19 bits per heavy atom. The molecule has 2 aliphatic heterocycles. The molecule has 170 valence electrons. The number of carbonyl (C=O) groups is 2. The lowest BCUT2D eigenvalue weighted by Gasteiger charge is -2.35. The quantitative estimate of drug-likeness (QED) is 0.705. The number of aliphatic imine (C=N–C) groups is 1. The first kappa shape index (κ1) is 23.3. The maximum absolute atomic E-state index is 13.1. The Bertz CT molecular complexity index is 784. The van der Waals surface area contributed by atoms with Crippen molar-refractivity contribution in [2.45, 2.75) is 71.3 Å². The summed E-state index contributed by atoms with van der Waals surface area (Å²) in [5.74, 6) is 2.15. The highest BCUT2D eigenvalue weighted by Crippen LogP contribution is 2.34. The SMILES string of the molecule is CC(C)CC1(C)N=C(N)CCC(CC2CCN(C(=O)Nc3ccccc3)CC2)CC1=O. The topological polar surface area (TPSA) is 87.8 Å². The van der Waals surface area contributed by atoms with Gasteiger partial charge in [-0.2, -0.15) is 0 Å². The van der Waals surface area contributed by atoms with Crippen LogP contribution in [0.25, 0.3) is 0 Å². The van der Waals surface area contributed by atoms with E-state index in [1.54, 1.807) is 0 Å². The van der Waals surface area contributed by atoms with Gasteiger partial charge < -0.3 is 16.0 Å². The number of nitrogens with one attached hydrogen (secondary N) is 1. The molecule has 0 radical (unpaired) electrons. The van der Waals surface area contributed by atoms with E-state index in [0.717, 1.165) is 57.3 Å². The van der Waals surface area contributed by atoms with Gasteiger partial charge in [0.1, 0.15) is 5.54 Å². The van der Waals surface area contributed by atoms with Gasteiger partial charge in [-0.3, -0.25) is 9.79 Å². The number of Topliss-reactive ketones (excluding diaryl/α,β-unsaturated/α-hetero) is 1. The van der Waals surface area contributed by atoms with E-state index < -0.39 is 5.54 Å². The second kappa shape index (κ2) is 10.3. The van der Waals surface area contributed by atoms with Gasteiger partial charge in [0.05, 0.1) is 5.84 Å². The fourth-order valence-electron chi connectivity index (χ4n) is 5.09. The molecular weight excluding hydrogens is 388 g/mol. The first-order chi connectivity index (χ1) is 14.7. The van der Waals surface area contributed by atoms with E-state index in [4.69, 9.17) is 5.73 Å². The second-order valence-corrected chi connectivity index (χ2v) is 9.97. The number of piperidine rings is 1. The fraction of sp³-hybridized carbons (Fsp3) is 0.640. The van der Waals surface area contributed by atoms with Gasteiger partial charge in [0, 0.05) is 31.6 Å². The number of ketones is 1. The van der Waals surface area contributed by atoms with Gasteiger partial charge in [-0.25, -0.2) is 4.79 Å². The van der Waals surface area contributed by atoms with Gasteiger partial charge in [-0.15, -0.1) is 0 Å². The van der Waals surface area contributed by atoms with Crippen LogP contribution >= 0.6 is 0 Å². The summed E-state index contributed by atoms with van der Waals surface area (Å²) in [6, 6.07) is 9.55. The lowest BCUT2D eigenvalue weighted by atomic mass is 9.77. The Kier molecular flexibility index (Phi) is 7.74. The molecule has 3 N–H and O–H groups in total. The van der Waals surface area contributed by atoms with Crippen LogP contribution in [0.1, 0.15) is 65.7 Å². The lowest BCUT2D eigenvalue weighted by Crippen LogP contribution is -2.42. The average molecular weight is 427 g/mol. The number of carbonyl (C=O) groups excluding carboxylic acids is 2. The molecule has 1 saturated heterocycles. The van der Waals surface area contributed by atoms with Gasteiger partial charge in [-0.05, 0) is 68.9 Å². The van der Waals surface area contributed by atoms with Crippen molar-refractivity contribution in [3.05, 3.63) is 30.3 Å². The molecule has 1 aromatic rings. The van der Waals surface area contributed by atoms with E-state index in [-0.39, 0.29) is 11.8 Å². The van der Waals surface area contributed by atoms with Crippen LogP contribution in [0, 0.1) is 17.8 Å². The van der Waals surface area contributed by atoms with Crippen molar-refractivity contribution < 1.29 is 9.59 Å². The summed E-state index contributed by atoms with van der Waals surface area (Å²) >= 11 is 0. The largest absolute Gasteiger partial charge is 0.387 e. The maximum atomic E-state index is 13.1. The molecule has 2 heterocycles. The Hall–Kier alpha value is -2.37. The molecular formula is C25H38N4O2. The van der Waals surface area contributed by atoms with Crippen LogP contribution < -0.4 is 11.1 Å². The number of hydrogen-bond acceptors (Lipinski definition) is 4. The van der Waals surface area contributed by atoms with Gasteiger partial charge in [0.15, 0.2) is 5.78 Å². The molecule has 1 aromatic carbocycles. The van der Waals surface area contributed by atoms with E-state index in [2.05, 4.69) is 24.2 Å². The number of rotatable bonds is 5. The Labute approximate surface area is 186 Å². The van der Waals surface area contributed by atoms with Gasteiger partial charge in [0.25, 0.3) is 0 Å². The number of nitrogens with zero attached hydrogens (tertiary/aromatic N) is 2. The van der Waals surface area contributed by atoms with Gasteiger partial charge in [0.2, 0.25) is 0 Å². The minimum Gasteiger partial charge on any atom is -0.387 e. The summed E-state index contributed by atoms with van der Waals surface area (Å²) in [7, 11) is 0. The molecule has 0 bridgehead atoms. The number of amides is 2. The first-order valence-corrected chi connectivity index (χ1v) is 11.7. The minimum absolute atomic E-state index is 0.0285. The predicted molar refractivity (Wildman–Crippen MR) is 126 cm³/mol. The molecule has 2 unspecified atom stereocenters. The van der Waals surface area contributed by atoms with E-state index >= 15 is 0 Å². The molecule has 2 atom stereocenters. The standard InChI is InChI=1S/C25H38N4O2/c1-18(2)17-25(3)22(30)16-20(9-10-23(26)28-25)15-19-11-13-29(14-12-19)24(31)27-21-7-5-4-6-8-21/h4-8,18-20H,9-17H2,1-3H3,(H2,26,28)(H,27,31). The van der Waals surface area contributed by atoms with E-state index in [0.29, 0.717) is 30.0 Å². The molecule has 1 fully saturated rings. The molecule has 2 amide bonds. The maximum Gasteiger partial charge on any atom is 0.321 e. The molecule has 31 heavy (non-hydrogen) atoms. The van der Waals surface area contributed by atoms with Crippen LogP contribution in [0.5, 0.6) is 0 Å². The molecule has 6 nitrogen and oxygen atoms in total. The zero-order valence-corrected chi connectivity index (χ0v) is 19.3. The van der Waals surface area contributed by atoms with Crippen molar-refractivity contribution in [1.82, 2.24) is 4.90 Å². The number of likely N-dealkylation sites (tertiary alicyclic amines) is 1. The predicted octanol–water partition coefficient (Wildman–Crippen LogP) is 4.85. The summed E-state index contributed by atoms with van der Waals surface area (Å²) < 4.78 is 0. The molecule has 0 saturated carbocycles. The molecule has 0 spiro atoms. The van der Waals surface area contributed by atoms with Crippen molar-refractivity contribution in [1.29, 1.82) is 0 Å². The third-order valence-electron chi connectivity index (χ3n) is 6.67. The summed E-state index contributed by atoms with van der Waals surface area (Å²) in [6.45, 7) is 7.73. The fourth-order valence-corrected chi connectivity index (χ4v) is 5.09. The number of urea groups is 1. The summed E-state index contributed by atoms with van der Waals surface area (Å²) in [5, 5.41) is 2.97. The van der Waals surface area contributed by atoms with Crippen molar-refractivity contribution >= 4 is 23.3 Å². The van der Waals surface area contributed by atoms with E-state index in [9.17, 15) is 9.59 Å². The van der Waals surface area contributed by atoms with Crippen LogP contribution in [-0.2, 0) is 4.79 Å². The summed E-state index contributed by atoms with van der Waals surface area (Å²) in [6.07, 6.45) is 6.03. The summed E-state index contributed by atoms with van der Waals surface area (Å²) in [5.41, 5.74) is 6.32. The smallest absolute Gasteiger partial charge is 0.321 e. The number of nitrogens with two attached hydrogens (primary N) is 1. The number of hydrogen-bond donors (Lipinski definition) is 2. The van der Waals surface area contributed by atoms with Gasteiger partial charge >= 0.3 is 6.03 Å². The Balaban J connectivity index is 1.52.